The summed E-state index contributed by atoms with van der Waals surface area (Å²) in [6.07, 6.45) is 0.952. The third-order valence-electron chi connectivity index (χ3n) is 8.29. The summed E-state index contributed by atoms with van der Waals surface area (Å²) in [4.78, 5) is 21.0. The zero-order chi connectivity index (χ0) is 40.9. The van der Waals surface area contributed by atoms with Crippen LogP contribution in [-0.2, 0) is 33.1 Å². The maximum atomic E-state index is 11.2. The molecule has 0 amide bonds. The first-order valence-corrected chi connectivity index (χ1v) is 19.1. The standard InChI is InChI=1S/2C18H15N3O6S.Ca/c2*1-2-11-9-13(4-7-16(11)21(23)24)19-20-18-15-6-5-14(28(25,26)27)10-12(15)3-8-17(18)22;/h2*3-10H,2H2,1H3,(H2-,19,22,23,24,25,26,27);/q;;+2. The van der Waals surface area contributed by atoms with Gasteiger partial charge in [-0.3, -0.25) is 0 Å². The second-order valence-corrected chi connectivity index (χ2v) is 14.6. The monoisotopic (exact) mass is 842 g/mol. The van der Waals surface area contributed by atoms with Crippen LogP contribution >= 0.6 is 0 Å². The number of fused-ring (bicyclic) bond motifs is 2. The molecule has 0 saturated heterocycles. The topological polar surface area (TPSA) is 285 Å². The van der Waals surface area contributed by atoms with Crippen molar-refractivity contribution in [1.29, 1.82) is 0 Å². The van der Waals surface area contributed by atoms with Gasteiger partial charge in [-0.05, 0) is 84.3 Å². The Hall–Kier alpha value is -5.48. The summed E-state index contributed by atoms with van der Waals surface area (Å²) in [5, 5.41) is 56.2. The van der Waals surface area contributed by atoms with E-state index in [9.17, 15) is 46.0 Å². The molecule has 0 atom stereocenters. The molecule has 0 saturated carbocycles. The van der Waals surface area contributed by atoms with E-state index in [0.29, 0.717) is 56.9 Å². The minimum Gasteiger partial charge on any atom is -0.744 e. The van der Waals surface area contributed by atoms with Gasteiger partial charge >= 0.3 is 49.1 Å². The number of rotatable bonds is 10. The number of benzene rings is 6. The summed E-state index contributed by atoms with van der Waals surface area (Å²) in [6, 6.07) is 21.9. The maximum Gasteiger partial charge on any atom is 2.00 e. The molecule has 0 unspecified atom stereocenters. The van der Waals surface area contributed by atoms with Gasteiger partial charge in [0.1, 0.15) is 43.1 Å². The third kappa shape index (κ3) is 10.5. The molecule has 0 fully saturated rings. The molecule has 0 aromatic heterocycles. The molecule has 0 spiro atoms. The minimum absolute atomic E-state index is 0. The number of azo groups is 2. The first-order chi connectivity index (χ1) is 26.4. The van der Waals surface area contributed by atoms with Crippen molar-refractivity contribution in [3.63, 3.8) is 0 Å². The number of nitrogens with zero attached hydrogens (tertiary/aromatic N) is 6. The molecule has 6 aromatic rings. The van der Waals surface area contributed by atoms with Crippen LogP contribution in [-0.4, -0.2) is 94.2 Å². The van der Waals surface area contributed by atoms with Crippen LogP contribution in [0.4, 0.5) is 34.1 Å². The van der Waals surface area contributed by atoms with Gasteiger partial charge in [-0.2, -0.15) is 10.2 Å². The van der Waals surface area contributed by atoms with Gasteiger partial charge in [-0.25, -0.2) is 27.3 Å². The molecule has 21 heteroatoms. The molecule has 6 aromatic carbocycles. The summed E-state index contributed by atoms with van der Waals surface area (Å²) in [5.41, 5.74) is 2.28. The van der Waals surface area contributed by atoms with E-state index in [0.717, 1.165) is 12.1 Å². The molecule has 57 heavy (non-hydrogen) atoms. The van der Waals surface area contributed by atoms with E-state index in [2.05, 4.69) is 20.5 Å². The molecule has 0 bridgehead atoms. The molecule has 18 nitrogen and oxygen atoms in total. The second kappa shape index (κ2) is 18.2. The first-order valence-electron chi connectivity index (χ1n) is 16.3. The van der Waals surface area contributed by atoms with Crippen LogP contribution < -0.4 is 0 Å². The Morgan fingerprint density at radius 2 is 0.912 bits per heavy atom. The third-order valence-corrected chi connectivity index (χ3v) is 9.95. The number of aromatic hydroxyl groups is 2. The fourth-order valence-corrected chi connectivity index (χ4v) is 6.52. The molecular weight excluding hydrogens is 813 g/mol. The van der Waals surface area contributed by atoms with Gasteiger partial charge in [0.2, 0.25) is 0 Å². The van der Waals surface area contributed by atoms with Gasteiger partial charge in [0.15, 0.2) is 0 Å². The molecule has 288 valence electrons. The van der Waals surface area contributed by atoms with Gasteiger partial charge in [-0.15, -0.1) is 10.2 Å². The van der Waals surface area contributed by atoms with E-state index in [1.807, 2.05) is 0 Å². The quantitative estimate of drug-likeness (QED) is 0.0441. The van der Waals surface area contributed by atoms with Crippen LogP contribution in [0.1, 0.15) is 25.0 Å². The summed E-state index contributed by atoms with van der Waals surface area (Å²) < 4.78 is 67.1. The summed E-state index contributed by atoms with van der Waals surface area (Å²) >= 11 is 0. The average Bonchev–Trinajstić information content (AvgIpc) is 3.15. The van der Waals surface area contributed by atoms with E-state index >= 15 is 0 Å². The Kier molecular flexibility index (Phi) is 14.1. The molecule has 0 aliphatic rings. The predicted octanol–water partition coefficient (Wildman–Crippen LogP) is 8.07. The summed E-state index contributed by atoms with van der Waals surface area (Å²) in [6.45, 7) is 3.61. The van der Waals surface area contributed by atoms with Gasteiger partial charge in [0.25, 0.3) is 9.85 Å². The van der Waals surface area contributed by atoms with Gasteiger partial charge < -0.3 is 19.3 Å². The number of aryl methyl sites for hydroxylation is 2. The van der Waals surface area contributed by atoms with Crippen LogP contribution in [0.15, 0.2) is 127 Å². The maximum absolute atomic E-state index is 11.2. The molecule has 0 heterocycles. The molecule has 0 aliphatic heterocycles. The summed E-state index contributed by atoms with van der Waals surface area (Å²) in [7, 11) is -9.22. The molecule has 0 radical (unpaired) electrons. The van der Waals surface area contributed by atoms with E-state index in [1.54, 1.807) is 26.0 Å². The summed E-state index contributed by atoms with van der Waals surface area (Å²) in [5.74, 6) is -0.357. The smallest absolute Gasteiger partial charge is 0.744 e. The SMILES string of the molecule is CCc1cc(N=Nc2c(O)ccc3cc(S(=O)(=O)[O-])ccc23)ccc1[N+](=O)O.CCc1cc(N=Nc2c(O)ccc3cc(S(=O)(=O)[O-])ccc23)ccc1[N+](=O)O.[Ca+2]. The minimum atomic E-state index is -4.61. The Balaban J connectivity index is 0.000000248. The van der Waals surface area contributed by atoms with Crippen LogP contribution in [0.25, 0.3) is 21.5 Å². The molecular formula is C36H30CaN6O12S2+2. The van der Waals surface area contributed by atoms with Crippen molar-refractivity contribution in [1.82, 2.24) is 0 Å². The second-order valence-electron chi connectivity index (χ2n) is 11.8. The van der Waals surface area contributed by atoms with Crippen molar-refractivity contribution in [2.45, 2.75) is 36.5 Å². The Morgan fingerprint density at radius 1 is 0.544 bits per heavy atom. The first kappa shape index (κ1) is 44.2. The van der Waals surface area contributed by atoms with Crippen molar-refractivity contribution >= 4 is 114 Å². The number of hydrogen-bond acceptors (Lipinski definition) is 14. The van der Waals surface area contributed by atoms with E-state index < -0.39 is 20.2 Å². The van der Waals surface area contributed by atoms with Gasteiger partial charge in [0, 0.05) is 34.0 Å². The van der Waals surface area contributed by atoms with Crippen LogP contribution in [0.2, 0.25) is 0 Å². The fraction of sp³-hybridized carbons (Fsp3) is 0.111. The number of hydrogen-bond donors (Lipinski definition) is 4. The van der Waals surface area contributed by atoms with E-state index in [-0.39, 0.29) is 91.6 Å². The molecule has 6 rings (SSSR count). The van der Waals surface area contributed by atoms with E-state index in [1.165, 1.54) is 72.8 Å². The van der Waals surface area contributed by atoms with Gasteiger partial charge in [-0.1, -0.05) is 38.1 Å². The normalized spacial score (nSPS) is 11.7. The number of phenols is 2. The average molecular weight is 843 g/mol. The van der Waals surface area contributed by atoms with Crippen LogP contribution in [0.3, 0.4) is 0 Å². The van der Waals surface area contributed by atoms with Crippen molar-refractivity contribution in [3.05, 3.63) is 118 Å². The van der Waals surface area contributed by atoms with Crippen molar-refractivity contribution in [3.8, 4) is 11.5 Å². The van der Waals surface area contributed by atoms with Gasteiger partial charge in [0.05, 0.1) is 31.0 Å². The Bertz CT molecular complexity index is 2640. The Morgan fingerprint density at radius 3 is 1.23 bits per heavy atom. The fourth-order valence-electron chi connectivity index (χ4n) is 5.50. The molecule has 4 N–H and O–H groups in total. The number of phenolic OH excluding ortho intramolecular Hbond substituents is 2. The predicted molar refractivity (Wildman–Crippen MR) is 203 cm³/mol. The van der Waals surface area contributed by atoms with E-state index in [4.69, 9.17) is 10.4 Å². The van der Waals surface area contributed by atoms with Crippen LogP contribution in [0.5, 0.6) is 11.5 Å². The van der Waals surface area contributed by atoms with Crippen molar-refractivity contribution in [2.24, 2.45) is 20.5 Å². The zero-order valence-corrected chi connectivity index (χ0v) is 33.8. The zero-order valence-electron chi connectivity index (χ0n) is 29.9. The molecule has 0 aliphatic carbocycles. The van der Waals surface area contributed by atoms with Crippen molar-refractivity contribution in [2.75, 3.05) is 0 Å². The largest absolute Gasteiger partial charge is 2.00 e. The van der Waals surface area contributed by atoms with Crippen molar-refractivity contribution < 1.29 is 56.4 Å². The Labute approximate surface area is 354 Å². The van der Waals surface area contributed by atoms with Crippen LogP contribution in [0, 0.1) is 9.81 Å².